The van der Waals surface area contributed by atoms with Crippen molar-refractivity contribution in [1.82, 2.24) is 0 Å². The van der Waals surface area contributed by atoms with Crippen LogP contribution in [-0.4, -0.2) is 0 Å². The Kier molecular flexibility index (Phi) is 4.84. The van der Waals surface area contributed by atoms with Crippen LogP contribution in [0.25, 0.3) is 0 Å². The van der Waals surface area contributed by atoms with E-state index in [1.54, 1.807) is 0 Å². The third kappa shape index (κ3) is 3.28. The molecule has 1 unspecified atom stereocenters. The highest BCUT2D eigenvalue weighted by atomic mass is 127. The number of hydrogen-bond acceptors (Lipinski definition) is 0. The Balaban J connectivity index is 2.52. The van der Waals surface area contributed by atoms with Crippen LogP contribution in [0.3, 0.4) is 0 Å². The molecule has 2 aromatic rings. The van der Waals surface area contributed by atoms with Gasteiger partial charge in [0.05, 0.1) is 5.38 Å². The summed E-state index contributed by atoms with van der Waals surface area (Å²) in [7, 11) is 0. The zero-order chi connectivity index (χ0) is 14.2. The van der Waals surface area contributed by atoms with Gasteiger partial charge in [0, 0.05) is 13.6 Å². The molecule has 0 bridgehead atoms. The van der Waals surface area contributed by atoms with E-state index in [1.807, 2.05) is 18.2 Å². The lowest BCUT2D eigenvalue weighted by atomic mass is 10.0. The fourth-order valence-electron chi connectivity index (χ4n) is 1.73. The Morgan fingerprint density at radius 2 is 1.79 bits per heavy atom. The predicted octanol–water partition coefficient (Wildman–Crippen LogP) is 5.97. The first kappa shape index (κ1) is 15.2. The molecule has 2 rings (SSSR count). The van der Waals surface area contributed by atoms with Crippen molar-refractivity contribution in [3.8, 4) is 0 Å². The summed E-state index contributed by atoms with van der Waals surface area (Å²) in [5.74, 6) is -0.950. The first-order valence-corrected chi connectivity index (χ1v) is 7.75. The van der Waals surface area contributed by atoms with E-state index in [4.69, 9.17) is 11.6 Å². The van der Waals surface area contributed by atoms with Gasteiger partial charge < -0.3 is 0 Å². The highest BCUT2D eigenvalue weighted by Gasteiger charge is 2.19. The Morgan fingerprint density at radius 3 is 2.47 bits per heavy atom. The maximum atomic E-state index is 13.9. The predicted molar refractivity (Wildman–Crippen MR) is 85.7 cm³/mol. The number of benzene rings is 2. The van der Waals surface area contributed by atoms with Crippen molar-refractivity contribution < 1.29 is 8.78 Å². The molecule has 0 spiro atoms. The van der Waals surface area contributed by atoms with Gasteiger partial charge in [-0.1, -0.05) is 15.9 Å². The SMILES string of the molecule is Cc1cc(F)c(C(Cl)c2cc(I)ccc2Br)cc1F. The lowest BCUT2D eigenvalue weighted by Gasteiger charge is -2.14. The van der Waals surface area contributed by atoms with Crippen LogP contribution in [0.15, 0.2) is 34.8 Å². The van der Waals surface area contributed by atoms with E-state index in [1.165, 1.54) is 13.0 Å². The molecule has 1 atom stereocenters. The second kappa shape index (κ2) is 6.06. The van der Waals surface area contributed by atoms with Gasteiger partial charge in [-0.05, 0) is 71.0 Å². The normalized spacial score (nSPS) is 12.5. The van der Waals surface area contributed by atoms with Crippen LogP contribution >= 0.6 is 50.1 Å². The molecule has 0 nitrogen and oxygen atoms in total. The molecular weight excluding hydrogens is 448 g/mol. The topological polar surface area (TPSA) is 0 Å². The van der Waals surface area contributed by atoms with Gasteiger partial charge >= 0.3 is 0 Å². The Labute approximate surface area is 137 Å². The minimum Gasteiger partial charge on any atom is -0.207 e. The summed E-state index contributed by atoms with van der Waals surface area (Å²) in [6, 6.07) is 7.93. The van der Waals surface area contributed by atoms with E-state index < -0.39 is 17.0 Å². The van der Waals surface area contributed by atoms with Crippen molar-refractivity contribution in [3.63, 3.8) is 0 Å². The molecule has 0 heterocycles. The third-order valence-corrected chi connectivity index (χ3v) is 4.65. The molecule has 0 aliphatic rings. The van der Waals surface area contributed by atoms with Gasteiger partial charge in [0.1, 0.15) is 11.6 Å². The fourth-order valence-corrected chi connectivity index (χ4v) is 3.20. The molecule has 0 saturated heterocycles. The van der Waals surface area contributed by atoms with Crippen molar-refractivity contribution in [2.24, 2.45) is 0 Å². The van der Waals surface area contributed by atoms with Crippen molar-refractivity contribution in [2.75, 3.05) is 0 Å². The Bertz CT molecular complexity index is 631. The molecule has 0 fully saturated rings. The third-order valence-electron chi connectivity index (χ3n) is 2.78. The van der Waals surface area contributed by atoms with E-state index in [2.05, 4.69) is 38.5 Å². The summed E-state index contributed by atoms with van der Waals surface area (Å²) in [5.41, 5.74) is 1.13. The summed E-state index contributed by atoms with van der Waals surface area (Å²) in [4.78, 5) is 0. The number of alkyl halides is 1. The van der Waals surface area contributed by atoms with E-state index in [0.29, 0.717) is 0 Å². The molecule has 2 aromatic carbocycles. The van der Waals surface area contributed by atoms with Crippen LogP contribution in [-0.2, 0) is 0 Å². The second-order valence-electron chi connectivity index (χ2n) is 4.15. The molecule has 100 valence electrons. The first-order valence-electron chi connectivity index (χ1n) is 5.44. The van der Waals surface area contributed by atoms with Gasteiger partial charge in [-0.2, -0.15) is 0 Å². The van der Waals surface area contributed by atoms with E-state index >= 15 is 0 Å². The van der Waals surface area contributed by atoms with Gasteiger partial charge in [0.15, 0.2) is 0 Å². The largest absolute Gasteiger partial charge is 0.207 e. The highest BCUT2D eigenvalue weighted by Crippen LogP contribution is 2.36. The number of halogens is 5. The van der Waals surface area contributed by atoms with E-state index in [9.17, 15) is 8.78 Å². The average Bonchev–Trinajstić information content (AvgIpc) is 2.36. The second-order valence-corrected chi connectivity index (χ2v) is 6.69. The minimum atomic E-state index is -0.737. The molecular formula is C14H9BrClF2I. The summed E-state index contributed by atoms with van der Waals surface area (Å²) < 4.78 is 29.3. The number of rotatable bonds is 2. The first-order chi connectivity index (χ1) is 8.90. The highest BCUT2D eigenvalue weighted by molar-refractivity contribution is 14.1. The Morgan fingerprint density at radius 1 is 1.11 bits per heavy atom. The molecule has 0 saturated carbocycles. The van der Waals surface area contributed by atoms with Crippen LogP contribution in [0.5, 0.6) is 0 Å². The lowest BCUT2D eigenvalue weighted by Crippen LogP contribution is -2.01. The molecule has 0 aliphatic carbocycles. The minimum absolute atomic E-state index is 0.146. The standard InChI is InChI=1S/C14H9BrClF2I/c1-7-4-13(18)10(6-12(7)17)14(16)9-5-8(19)2-3-11(9)15/h2-6,14H,1H3. The monoisotopic (exact) mass is 456 g/mol. The zero-order valence-electron chi connectivity index (χ0n) is 9.85. The van der Waals surface area contributed by atoms with E-state index in [0.717, 1.165) is 19.7 Å². The quantitative estimate of drug-likeness (QED) is 0.385. The van der Waals surface area contributed by atoms with Gasteiger partial charge in [-0.15, -0.1) is 11.6 Å². The zero-order valence-corrected chi connectivity index (χ0v) is 14.4. The smallest absolute Gasteiger partial charge is 0.128 e. The van der Waals surface area contributed by atoms with Crippen LogP contribution in [0.2, 0.25) is 0 Å². The Hall–Kier alpha value is -0.200. The number of aryl methyl sites for hydroxylation is 1. The van der Waals surface area contributed by atoms with Crippen LogP contribution in [0, 0.1) is 22.1 Å². The summed E-state index contributed by atoms with van der Waals surface area (Å²) in [6.07, 6.45) is 0. The molecule has 0 amide bonds. The summed E-state index contributed by atoms with van der Waals surface area (Å²) in [6.45, 7) is 1.52. The van der Waals surface area contributed by atoms with Crippen LogP contribution in [0.4, 0.5) is 8.78 Å². The van der Waals surface area contributed by atoms with Gasteiger partial charge in [-0.3, -0.25) is 0 Å². The van der Waals surface area contributed by atoms with Gasteiger partial charge in [0.25, 0.3) is 0 Å². The van der Waals surface area contributed by atoms with Crippen molar-refractivity contribution >= 4 is 50.1 Å². The number of hydrogen-bond donors (Lipinski definition) is 0. The molecule has 0 N–H and O–H groups in total. The molecule has 5 heteroatoms. The maximum absolute atomic E-state index is 13.9. The van der Waals surface area contributed by atoms with Crippen LogP contribution < -0.4 is 0 Å². The molecule has 19 heavy (non-hydrogen) atoms. The molecule has 0 aliphatic heterocycles. The van der Waals surface area contributed by atoms with E-state index in [-0.39, 0.29) is 11.1 Å². The average molecular weight is 457 g/mol. The van der Waals surface area contributed by atoms with Crippen molar-refractivity contribution in [2.45, 2.75) is 12.3 Å². The van der Waals surface area contributed by atoms with Gasteiger partial charge in [0.2, 0.25) is 0 Å². The maximum Gasteiger partial charge on any atom is 0.128 e. The summed E-state index contributed by atoms with van der Waals surface area (Å²) in [5, 5.41) is -0.737. The van der Waals surface area contributed by atoms with Crippen LogP contribution in [0.1, 0.15) is 22.1 Å². The van der Waals surface area contributed by atoms with Crippen molar-refractivity contribution in [3.05, 3.63) is 66.7 Å². The lowest BCUT2D eigenvalue weighted by molar-refractivity contribution is 0.580. The molecule has 0 radical (unpaired) electrons. The molecule has 0 aromatic heterocycles. The van der Waals surface area contributed by atoms with Gasteiger partial charge in [-0.25, -0.2) is 8.78 Å². The van der Waals surface area contributed by atoms with Crippen molar-refractivity contribution in [1.29, 1.82) is 0 Å². The summed E-state index contributed by atoms with van der Waals surface area (Å²) >= 11 is 11.8. The fraction of sp³-hybridized carbons (Fsp3) is 0.143.